The van der Waals surface area contributed by atoms with Gasteiger partial charge in [0.1, 0.15) is 6.10 Å². The molecule has 1 aliphatic heterocycles. The molecule has 3 fully saturated rings. The molecule has 6 nitrogen and oxygen atoms in total. The fourth-order valence-electron chi connectivity index (χ4n) is 3.89. The number of hydrogen-bond acceptors (Lipinski definition) is 4. The third-order valence-electron chi connectivity index (χ3n) is 5.30. The van der Waals surface area contributed by atoms with Crippen LogP contribution in [0.25, 0.3) is 0 Å². The third-order valence-corrected chi connectivity index (χ3v) is 5.30. The average molecular weight is 325 g/mol. The Kier molecular flexibility index (Phi) is 5.44. The molecule has 0 radical (unpaired) electrons. The average Bonchev–Trinajstić information content (AvgIpc) is 3.33. The smallest absolute Gasteiger partial charge is 0.317 e. The van der Waals surface area contributed by atoms with E-state index in [0.717, 1.165) is 38.6 Å². The van der Waals surface area contributed by atoms with Gasteiger partial charge in [0.25, 0.3) is 0 Å². The van der Waals surface area contributed by atoms with Crippen LogP contribution in [0.5, 0.6) is 0 Å². The SMILES string of the molecule is CCOC1CC(NC(=O)N2CCN(C3CC3)CC(C)C2)C1OC. The van der Waals surface area contributed by atoms with Gasteiger partial charge in [-0.3, -0.25) is 4.90 Å². The van der Waals surface area contributed by atoms with Gasteiger partial charge in [0.15, 0.2) is 0 Å². The molecule has 0 aromatic rings. The molecule has 0 bridgehead atoms. The Morgan fingerprint density at radius 3 is 2.70 bits per heavy atom. The summed E-state index contributed by atoms with van der Waals surface area (Å²) in [5, 5.41) is 3.15. The fourth-order valence-corrected chi connectivity index (χ4v) is 3.89. The lowest BCUT2D eigenvalue weighted by Crippen LogP contribution is -2.62. The Hall–Kier alpha value is -0.850. The van der Waals surface area contributed by atoms with Gasteiger partial charge in [0.05, 0.1) is 12.1 Å². The standard InChI is InChI=1S/C17H31N3O3/c1-4-23-15-9-14(16(15)22-3)18-17(21)20-8-7-19(13-5-6-13)10-12(2)11-20/h12-16H,4-11H2,1-3H3,(H,18,21). The summed E-state index contributed by atoms with van der Waals surface area (Å²) in [5.74, 6) is 0.527. The Balaban J connectivity index is 1.49. The number of hydrogen-bond donors (Lipinski definition) is 1. The minimum Gasteiger partial charge on any atom is -0.377 e. The van der Waals surface area contributed by atoms with Crippen molar-refractivity contribution < 1.29 is 14.3 Å². The van der Waals surface area contributed by atoms with Crippen LogP contribution in [-0.4, -0.2) is 80.0 Å². The lowest BCUT2D eigenvalue weighted by Gasteiger charge is -2.43. The quantitative estimate of drug-likeness (QED) is 0.828. The molecule has 4 unspecified atom stereocenters. The zero-order chi connectivity index (χ0) is 16.4. The first kappa shape index (κ1) is 17.0. The molecule has 23 heavy (non-hydrogen) atoms. The molecular formula is C17H31N3O3. The Bertz CT molecular complexity index is 416. The van der Waals surface area contributed by atoms with E-state index < -0.39 is 0 Å². The molecule has 2 amide bonds. The normalized spacial score (nSPS) is 35.5. The van der Waals surface area contributed by atoms with E-state index in [1.54, 1.807) is 7.11 Å². The van der Waals surface area contributed by atoms with E-state index in [0.29, 0.717) is 12.5 Å². The highest BCUT2D eigenvalue weighted by Gasteiger charge is 2.43. The number of nitrogens with one attached hydrogen (secondary N) is 1. The van der Waals surface area contributed by atoms with Gasteiger partial charge in [0, 0.05) is 45.9 Å². The van der Waals surface area contributed by atoms with Crippen molar-refractivity contribution in [2.45, 2.75) is 57.4 Å². The van der Waals surface area contributed by atoms with Crippen LogP contribution in [0, 0.1) is 5.92 Å². The first-order valence-corrected chi connectivity index (χ1v) is 9.06. The van der Waals surface area contributed by atoms with E-state index in [-0.39, 0.29) is 24.3 Å². The molecule has 0 aromatic heterocycles. The lowest BCUT2D eigenvalue weighted by atomic mass is 9.85. The van der Waals surface area contributed by atoms with Crippen molar-refractivity contribution in [2.24, 2.45) is 5.92 Å². The van der Waals surface area contributed by atoms with Crippen molar-refractivity contribution in [3.63, 3.8) is 0 Å². The summed E-state index contributed by atoms with van der Waals surface area (Å²) in [4.78, 5) is 17.2. The molecule has 0 spiro atoms. The third kappa shape index (κ3) is 3.98. The molecule has 4 atom stereocenters. The minimum atomic E-state index is -0.0220. The van der Waals surface area contributed by atoms with Crippen LogP contribution < -0.4 is 5.32 Å². The van der Waals surface area contributed by atoms with Crippen LogP contribution >= 0.6 is 0 Å². The maximum Gasteiger partial charge on any atom is 0.317 e. The summed E-state index contributed by atoms with van der Waals surface area (Å²) in [5.41, 5.74) is 0. The van der Waals surface area contributed by atoms with Gasteiger partial charge in [-0.1, -0.05) is 6.92 Å². The number of ether oxygens (including phenoxy) is 2. The molecule has 132 valence electrons. The number of carbonyl (C=O) groups is 1. The second kappa shape index (κ2) is 7.36. The highest BCUT2D eigenvalue weighted by Crippen LogP contribution is 2.29. The van der Waals surface area contributed by atoms with Crippen LogP contribution in [0.15, 0.2) is 0 Å². The van der Waals surface area contributed by atoms with Gasteiger partial charge in [-0.2, -0.15) is 0 Å². The number of rotatable bonds is 5. The Labute approximate surface area is 139 Å². The van der Waals surface area contributed by atoms with Crippen molar-refractivity contribution in [3.05, 3.63) is 0 Å². The number of urea groups is 1. The number of amides is 2. The molecule has 0 aromatic carbocycles. The molecule has 1 saturated heterocycles. The van der Waals surface area contributed by atoms with Crippen molar-refractivity contribution in [1.29, 1.82) is 0 Å². The summed E-state index contributed by atoms with van der Waals surface area (Å²) in [6, 6.07) is 0.899. The molecule has 3 aliphatic rings. The molecule has 2 saturated carbocycles. The van der Waals surface area contributed by atoms with Gasteiger partial charge in [-0.25, -0.2) is 4.79 Å². The monoisotopic (exact) mass is 325 g/mol. The predicted octanol–water partition coefficient (Wildman–Crippen LogP) is 1.30. The highest BCUT2D eigenvalue weighted by molar-refractivity contribution is 5.74. The molecule has 1 N–H and O–H groups in total. The molecular weight excluding hydrogens is 294 g/mol. The van der Waals surface area contributed by atoms with Crippen molar-refractivity contribution in [1.82, 2.24) is 15.1 Å². The summed E-state index contributed by atoms with van der Waals surface area (Å²) >= 11 is 0. The van der Waals surface area contributed by atoms with Crippen molar-refractivity contribution in [3.8, 4) is 0 Å². The van der Waals surface area contributed by atoms with E-state index in [1.807, 2.05) is 11.8 Å². The van der Waals surface area contributed by atoms with Crippen LogP contribution in [0.4, 0.5) is 4.79 Å². The van der Waals surface area contributed by atoms with Crippen LogP contribution in [0.2, 0.25) is 0 Å². The van der Waals surface area contributed by atoms with Crippen molar-refractivity contribution in [2.75, 3.05) is 39.9 Å². The van der Waals surface area contributed by atoms with Gasteiger partial charge in [-0.05, 0) is 32.1 Å². The summed E-state index contributed by atoms with van der Waals surface area (Å²) in [6.07, 6.45) is 3.59. The van der Waals surface area contributed by atoms with E-state index >= 15 is 0 Å². The number of nitrogens with zero attached hydrogens (tertiary/aromatic N) is 2. The lowest BCUT2D eigenvalue weighted by molar-refractivity contribution is -0.128. The maximum atomic E-state index is 12.6. The fraction of sp³-hybridized carbons (Fsp3) is 0.941. The summed E-state index contributed by atoms with van der Waals surface area (Å²) < 4.78 is 11.1. The van der Waals surface area contributed by atoms with Gasteiger partial charge in [0.2, 0.25) is 0 Å². The highest BCUT2D eigenvalue weighted by atomic mass is 16.5. The van der Waals surface area contributed by atoms with Gasteiger partial charge in [-0.15, -0.1) is 0 Å². The first-order valence-electron chi connectivity index (χ1n) is 9.06. The minimum absolute atomic E-state index is 0.0220. The predicted molar refractivity (Wildman–Crippen MR) is 88.5 cm³/mol. The number of carbonyl (C=O) groups excluding carboxylic acids is 1. The second-order valence-corrected chi connectivity index (χ2v) is 7.26. The van der Waals surface area contributed by atoms with Gasteiger partial charge < -0.3 is 19.7 Å². The summed E-state index contributed by atoms with van der Waals surface area (Å²) in [7, 11) is 1.69. The van der Waals surface area contributed by atoms with Gasteiger partial charge >= 0.3 is 6.03 Å². The van der Waals surface area contributed by atoms with Crippen LogP contribution in [0.3, 0.4) is 0 Å². The largest absolute Gasteiger partial charge is 0.377 e. The van der Waals surface area contributed by atoms with Crippen LogP contribution in [-0.2, 0) is 9.47 Å². The number of methoxy groups -OCH3 is 1. The zero-order valence-electron chi connectivity index (χ0n) is 14.7. The topological polar surface area (TPSA) is 54.0 Å². The van der Waals surface area contributed by atoms with Crippen LogP contribution in [0.1, 0.15) is 33.1 Å². The Morgan fingerprint density at radius 2 is 2.04 bits per heavy atom. The van der Waals surface area contributed by atoms with E-state index in [2.05, 4.69) is 17.1 Å². The second-order valence-electron chi connectivity index (χ2n) is 7.26. The van der Waals surface area contributed by atoms with E-state index in [4.69, 9.17) is 9.47 Å². The Morgan fingerprint density at radius 1 is 1.26 bits per heavy atom. The van der Waals surface area contributed by atoms with E-state index in [9.17, 15) is 4.79 Å². The maximum absolute atomic E-state index is 12.6. The molecule has 2 aliphatic carbocycles. The molecule has 6 heteroatoms. The van der Waals surface area contributed by atoms with E-state index in [1.165, 1.54) is 12.8 Å². The molecule has 3 rings (SSSR count). The zero-order valence-corrected chi connectivity index (χ0v) is 14.7. The first-order chi connectivity index (χ1) is 11.1. The molecule has 1 heterocycles. The van der Waals surface area contributed by atoms with Crippen molar-refractivity contribution >= 4 is 6.03 Å². The summed E-state index contributed by atoms with van der Waals surface area (Å²) in [6.45, 7) is 8.70.